The maximum Gasteiger partial charge on any atom is 0.251 e. The Balaban J connectivity index is 2.06. The second kappa shape index (κ2) is 9.51. The fraction of sp³-hybridized carbons (Fsp3) is 0.560. The maximum atomic E-state index is 12.5. The number of carbonyl (C=O) groups is 1. The van der Waals surface area contributed by atoms with E-state index in [4.69, 9.17) is 5.73 Å². The zero-order valence-corrected chi connectivity index (χ0v) is 18.6. The highest BCUT2D eigenvalue weighted by Gasteiger charge is 2.24. The summed E-state index contributed by atoms with van der Waals surface area (Å²) in [6, 6.07) is 8.76. The number of amides is 1. The standard InChI is InChI=1S/C25H37N3O/c1-5-6-9-22-24(20-10-12-21(13-11-20)27-15-7-8-16-27)23(25(26)29)19(4)28(22)17-14-18(2)3/h10-13,18H,5-9,14-17H2,1-4H3,(H2,26,29). The summed E-state index contributed by atoms with van der Waals surface area (Å²) in [5.74, 6) is 0.304. The Morgan fingerprint density at radius 2 is 1.79 bits per heavy atom. The predicted octanol–water partition coefficient (Wildman–Crippen LogP) is 5.55. The molecule has 0 radical (unpaired) electrons. The Morgan fingerprint density at radius 1 is 1.14 bits per heavy atom. The molecule has 2 N–H and O–H groups in total. The van der Waals surface area contributed by atoms with Crippen molar-refractivity contribution in [3.05, 3.63) is 41.2 Å². The number of primary amides is 1. The molecule has 2 aromatic rings. The minimum Gasteiger partial charge on any atom is -0.372 e. The summed E-state index contributed by atoms with van der Waals surface area (Å²) in [7, 11) is 0. The average Bonchev–Trinajstić information content (AvgIpc) is 3.31. The van der Waals surface area contributed by atoms with Gasteiger partial charge in [-0.15, -0.1) is 0 Å². The number of nitrogens with two attached hydrogens (primary N) is 1. The van der Waals surface area contributed by atoms with Gasteiger partial charge in [0.05, 0.1) is 5.56 Å². The second-order valence-electron chi connectivity index (χ2n) is 8.83. The van der Waals surface area contributed by atoms with Gasteiger partial charge in [0, 0.05) is 42.3 Å². The Labute approximate surface area is 176 Å². The number of rotatable bonds is 9. The summed E-state index contributed by atoms with van der Waals surface area (Å²) in [4.78, 5) is 14.9. The van der Waals surface area contributed by atoms with Crippen LogP contribution in [0.25, 0.3) is 11.1 Å². The van der Waals surface area contributed by atoms with Crippen LogP contribution >= 0.6 is 0 Å². The van der Waals surface area contributed by atoms with E-state index in [2.05, 4.69) is 61.4 Å². The Kier molecular flexibility index (Phi) is 7.05. The number of hydrogen-bond donors (Lipinski definition) is 1. The lowest BCUT2D eigenvalue weighted by Gasteiger charge is -2.18. The molecule has 1 saturated heterocycles. The molecule has 1 aromatic heterocycles. The molecule has 158 valence electrons. The quantitative estimate of drug-likeness (QED) is 0.605. The molecule has 2 heterocycles. The molecule has 1 amide bonds. The zero-order valence-electron chi connectivity index (χ0n) is 18.6. The molecule has 0 bridgehead atoms. The van der Waals surface area contributed by atoms with Gasteiger partial charge >= 0.3 is 0 Å². The van der Waals surface area contributed by atoms with Gasteiger partial charge in [-0.1, -0.05) is 39.3 Å². The van der Waals surface area contributed by atoms with E-state index >= 15 is 0 Å². The van der Waals surface area contributed by atoms with Crippen LogP contribution in [0.15, 0.2) is 24.3 Å². The molecule has 4 heteroatoms. The third-order valence-corrected chi connectivity index (χ3v) is 6.20. The monoisotopic (exact) mass is 395 g/mol. The van der Waals surface area contributed by atoms with E-state index in [0.717, 1.165) is 62.1 Å². The van der Waals surface area contributed by atoms with Crippen molar-refractivity contribution in [3.63, 3.8) is 0 Å². The molecule has 4 nitrogen and oxygen atoms in total. The first-order valence-corrected chi connectivity index (χ1v) is 11.3. The van der Waals surface area contributed by atoms with Gasteiger partial charge in [-0.3, -0.25) is 4.79 Å². The van der Waals surface area contributed by atoms with Crippen LogP contribution in [-0.4, -0.2) is 23.6 Å². The molecule has 0 atom stereocenters. The zero-order chi connectivity index (χ0) is 21.0. The Hall–Kier alpha value is -2.23. The third-order valence-electron chi connectivity index (χ3n) is 6.20. The van der Waals surface area contributed by atoms with Gasteiger partial charge in [-0.05, 0) is 62.6 Å². The van der Waals surface area contributed by atoms with Gasteiger partial charge in [0.25, 0.3) is 5.91 Å². The van der Waals surface area contributed by atoms with E-state index in [1.54, 1.807) is 0 Å². The molecule has 0 spiro atoms. The second-order valence-corrected chi connectivity index (χ2v) is 8.83. The summed E-state index contributed by atoms with van der Waals surface area (Å²) in [6.45, 7) is 12.0. The normalized spacial score (nSPS) is 14.2. The van der Waals surface area contributed by atoms with E-state index in [1.807, 2.05) is 0 Å². The lowest BCUT2D eigenvalue weighted by molar-refractivity contribution is 0.1000. The van der Waals surface area contributed by atoms with Crippen LogP contribution in [0.2, 0.25) is 0 Å². The van der Waals surface area contributed by atoms with Crippen molar-refractivity contribution in [2.24, 2.45) is 11.7 Å². The summed E-state index contributed by atoms with van der Waals surface area (Å²) in [5.41, 5.74) is 12.3. The highest BCUT2D eigenvalue weighted by Crippen LogP contribution is 2.35. The van der Waals surface area contributed by atoms with E-state index in [-0.39, 0.29) is 5.91 Å². The van der Waals surface area contributed by atoms with Crippen molar-refractivity contribution < 1.29 is 4.79 Å². The van der Waals surface area contributed by atoms with E-state index in [9.17, 15) is 4.79 Å². The van der Waals surface area contributed by atoms with Crippen LogP contribution in [0.3, 0.4) is 0 Å². The summed E-state index contributed by atoms with van der Waals surface area (Å²) < 4.78 is 2.36. The van der Waals surface area contributed by atoms with E-state index < -0.39 is 0 Å². The Morgan fingerprint density at radius 3 is 2.34 bits per heavy atom. The average molecular weight is 396 g/mol. The van der Waals surface area contributed by atoms with Crippen LogP contribution in [0.4, 0.5) is 5.69 Å². The van der Waals surface area contributed by atoms with Gasteiger partial charge in [-0.2, -0.15) is 0 Å². The minimum absolute atomic E-state index is 0.317. The van der Waals surface area contributed by atoms with Crippen molar-refractivity contribution in [1.29, 1.82) is 0 Å². The lowest BCUT2D eigenvalue weighted by atomic mass is 9.97. The maximum absolute atomic E-state index is 12.5. The van der Waals surface area contributed by atoms with Crippen LogP contribution < -0.4 is 10.6 Å². The SMILES string of the molecule is CCCCc1c(-c2ccc(N3CCCC3)cc2)c(C(N)=O)c(C)n1CCC(C)C. The van der Waals surface area contributed by atoms with Gasteiger partial charge in [0.1, 0.15) is 0 Å². The molecule has 1 aliphatic rings. The largest absolute Gasteiger partial charge is 0.372 e. The highest BCUT2D eigenvalue weighted by molar-refractivity contribution is 6.02. The molecule has 1 aliphatic heterocycles. The topological polar surface area (TPSA) is 51.3 Å². The molecule has 1 aromatic carbocycles. The highest BCUT2D eigenvalue weighted by atomic mass is 16.1. The molecular formula is C25H37N3O. The Bertz CT molecular complexity index is 827. The number of carbonyl (C=O) groups excluding carboxylic acids is 1. The predicted molar refractivity (Wildman–Crippen MR) is 123 cm³/mol. The number of nitrogens with zero attached hydrogens (tertiary/aromatic N) is 2. The van der Waals surface area contributed by atoms with Crippen molar-refractivity contribution in [3.8, 4) is 11.1 Å². The van der Waals surface area contributed by atoms with E-state index in [1.165, 1.54) is 24.2 Å². The molecule has 0 aliphatic carbocycles. The van der Waals surface area contributed by atoms with Crippen LogP contribution in [0.5, 0.6) is 0 Å². The van der Waals surface area contributed by atoms with Crippen LogP contribution in [0, 0.1) is 12.8 Å². The smallest absolute Gasteiger partial charge is 0.251 e. The van der Waals surface area contributed by atoms with Crippen molar-refractivity contribution >= 4 is 11.6 Å². The molecular weight excluding hydrogens is 358 g/mol. The van der Waals surface area contributed by atoms with Gasteiger partial charge in [0.15, 0.2) is 0 Å². The first kappa shape index (κ1) is 21.5. The first-order valence-electron chi connectivity index (χ1n) is 11.3. The molecule has 0 saturated carbocycles. The fourth-order valence-electron chi connectivity index (χ4n) is 4.52. The minimum atomic E-state index is -0.317. The molecule has 0 unspecified atom stereocenters. The van der Waals surface area contributed by atoms with Crippen LogP contribution in [0.1, 0.15) is 74.6 Å². The van der Waals surface area contributed by atoms with Crippen molar-refractivity contribution in [2.45, 2.75) is 72.8 Å². The van der Waals surface area contributed by atoms with Crippen molar-refractivity contribution in [1.82, 2.24) is 4.57 Å². The third kappa shape index (κ3) is 4.68. The van der Waals surface area contributed by atoms with Crippen molar-refractivity contribution in [2.75, 3.05) is 18.0 Å². The lowest BCUT2D eigenvalue weighted by Crippen LogP contribution is -2.17. The number of benzene rings is 1. The number of hydrogen-bond acceptors (Lipinski definition) is 2. The summed E-state index contributed by atoms with van der Waals surface area (Å²) in [5, 5.41) is 0. The number of aromatic nitrogens is 1. The number of anilines is 1. The first-order chi connectivity index (χ1) is 13.9. The van der Waals surface area contributed by atoms with Gasteiger partial charge in [-0.25, -0.2) is 0 Å². The molecule has 3 rings (SSSR count). The van der Waals surface area contributed by atoms with Gasteiger partial charge < -0.3 is 15.2 Å². The number of unbranched alkanes of at least 4 members (excludes halogenated alkanes) is 1. The summed E-state index contributed by atoms with van der Waals surface area (Å²) >= 11 is 0. The van der Waals surface area contributed by atoms with E-state index in [0.29, 0.717) is 11.5 Å². The molecule has 1 fully saturated rings. The molecule has 29 heavy (non-hydrogen) atoms. The van der Waals surface area contributed by atoms with Gasteiger partial charge in [0.2, 0.25) is 0 Å². The van der Waals surface area contributed by atoms with Crippen LogP contribution in [-0.2, 0) is 13.0 Å². The summed E-state index contributed by atoms with van der Waals surface area (Å²) in [6.07, 6.45) is 6.86. The fourth-order valence-corrected chi connectivity index (χ4v) is 4.52.